The standard InChI is InChI=1S/C20H32N6O/c1-16(11-12-18-9-6-5-7-10-18)23-20(21-13-8-14-27-4)22-15-19-25-24-17(2)26(19)3/h5-7,9-10,16H,8,11-15H2,1-4H3,(H2,21,22,23). The third kappa shape index (κ3) is 7.38. The van der Waals surface area contributed by atoms with Gasteiger partial charge in [0.1, 0.15) is 12.4 Å². The zero-order chi connectivity index (χ0) is 19.5. The fourth-order valence-corrected chi connectivity index (χ4v) is 2.65. The van der Waals surface area contributed by atoms with Crippen molar-refractivity contribution in [3.05, 3.63) is 47.5 Å². The maximum absolute atomic E-state index is 5.12. The highest BCUT2D eigenvalue weighted by Crippen LogP contribution is 2.05. The predicted octanol–water partition coefficient (Wildman–Crippen LogP) is 2.22. The molecule has 0 bridgehead atoms. The first kappa shape index (κ1) is 20.9. The Kier molecular flexibility index (Phi) is 8.77. The first-order chi connectivity index (χ1) is 13.1. The molecule has 0 radical (unpaired) electrons. The van der Waals surface area contributed by atoms with Crippen molar-refractivity contribution in [2.75, 3.05) is 20.3 Å². The van der Waals surface area contributed by atoms with Crippen LogP contribution in [-0.2, 0) is 24.8 Å². The van der Waals surface area contributed by atoms with E-state index in [-0.39, 0.29) is 0 Å². The second kappa shape index (κ2) is 11.3. The smallest absolute Gasteiger partial charge is 0.191 e. The molecule has 2 rings (SSSR count). The molecule has 1 heterocycles. The summed E-state index contributed by atoms with van der Waals surface area (Å²) in [5.74, 6) is 2.54. The Morgan fingerprint density at radius 2 is 2.04 bits per heavy atom. The van der Waals surface area contributed by atoms with Gasteiger partial charge >= 0.3 is 0 Å². The van der Waals surface area contributed by atoms with Crippen LogP contribution in [0.4, 0.5) is 0 Å². The minimum absolute atomic E-state index is 0.306. The van der Waals surface area contributed by atoms with E-state index in [0.29, 0.717) is 12.6 Å². The molecule has 1 unspecified atom stereocenters. The fraction of sp³-hybridized carbons (Fsp3) is 0.550. The molecular formula is C20H32N6O. The highest BCUT2D eigenvalue weighted by atomic mass is 16.5. The molecule has 27 heavy (non-hydrogen) atoms. The van der Waals surface area contributed by atoms with Crippen LogP contribution in [0.15, 0.2) is 35.3 Å². The normalized spacial score (nSPS) is 12.8. The van der Waals surface area contributed by atoms with Crippen LogP contribution in [0, 0.1) is 6.92 Å². The van der Waals surface area contributed by atoms with Crippen LogP contribution in [0.25, 0.3) is 0 Å². The van der Waals surface area contributed by atoms with E-state index in [0.717, 1.165) is 50.0 Å². The van der Waals surface area contributed by atoms with Gasteiger partial charge in [0.25, 0.3) is 0 Å². The van der Waals surface area contributed by atoms with Gasteiger partial charge in [-0.15, -0.1) is 10.2 Å². The van der Waals surface area contributed by atoms with Crippen molar-refractivity contribution in [3.8, 4) is 0 Å². The van der Waals surface area contributed by atoms with Gasteiger partial charge < -0.3 is 19.9 Å². The van der Waals surface area contributed by atoms with Crippen molar-refractivity contribution in [3.63, 3.8) is 0 Å². The summed E-state index contributed by atoms with van der Waals surface area (Å²) in [4.78, 5) is 4.69. The van der Waals surface area contributed by atoms with Crippen LogP contribution in [0.5, 0.6) is 0 Å². The van der Waals surface area contributed by atoms with Crippen LogP contribution in [0.3, 0.4) is 0 Å². The van der Waals surface area contributed by atoms with E-state index < -0.39 is 0 Å². The van der Waals surface area contributed by atoms with Gasteiger partial charge in [-0.05, 0) is 38.7 Å². The Hall–Kier alpha value is -2.41. The Labute approximate surface area is 162 Å². The maximum atomic E-state index is 5.12. The molecule has 0 aliphatic carbocycles. The molecule has 0 amide bonds. The summed E-state index contributed by atoms with van der Waals surface area (Å²) in [6.45, 7) is 6.15. The van der Waals surface area contributed by atoms with Crippen LogP contribution >= 0.6 is 0 Å². The van der Waals surface area contributed by atoms with Crippen LogP contribution in [0.2, 0.25) is 0 Å². The number of hydrogen-bond donors (Lipinski definition) is 2. The van der Waals surface area contributed by atoms with Crippen molar-refractivity contribution in [1.82, 2.24) is 25.4 Å². The summed E-state index contributed by atoms with van der Waals surface area (Å²) >= 11 is 0. The largest absolute Gasteiger partial charge is 0.385 e. The summed E-state index contributed by atoms with van der Waals surface area (Å²) in [5.41, 5.74) is 1.35. The maximum Gasteiger partial charge on any atom is 0.191 e. The number of aliphatic imine (C=N–C) groups is 1. The molecule has 0 saturated heterocycles. The zero-order valence-corrected chi connectivity index (χ0v) is 16.9. The first-order valence-electron chi connectivity index (χ1n) is 9.52. The number of aromatic nitrogens is 3. The van der Waals surface area contributed by atoms with Crippen molar-refractivity contribution in [2.24, 2.45) is 12.0 Å². The molecule has 2 aromatic rings. The van der Waals surface area contributed by atoms with Crippen LogP contribution < -0.4 is 10.6 Å². The van der Waals surface area contributed by atoms with E-state index in [1.807, 2.05) is 24.6 Å². The number of benzene rings is 1. The molecule has 7 heteroatoms. The predicted molar refractivity (Wildman–Crippen MR) is 109 cm³/mol. The van der Waals surface area contributed by atoms with Crippen LogP contribution in [0.1, 0.15) is 37.0 Å². The summed E-state index contributed by atoms with van der Waals surface area (Å²) in [6, 6.07) is 10.9. The lowest BCUT2D eigenvalue weighted by Gasteiger charge is -2.18. The number of methoxy groups -OCH3 is 1. The number of hydrogen-bond acceptors (Lipinski definition) is 4. The SMILES string of the molecule is COCCCNC(=NCc1nnc(C)n1C)NC(C)CCc1ccccc1. The van der Waals surface area contributed by atoms with E-state index in [9.17, 15) is 0 Å². The van der Waals surface area contributed by atoms with Gasteiger partial charge in [-0.2, -0.15) is 0 Å². The van der Waals surface area contributed by atoms with Gasteiger partial charge in [0, 0.05) is 33.4 Å². The second-order valence-electron chi connectivity index (χ2n) is 6.73. The molecule has 1 aromatic carbocycles. The third-order valence-electron chi connectivity index (χ3n) is 4.47. The minimum atomic E-state index is 0.306. The molecule has 0 aliphatic heterocycles. The Balaban J connectivity index is 1.91. The molecule has 148 valence electrons. The molecule has 2 N–H and O–H groups in total. The molecular weight excluding hydrogens is 340 g/mol. The Morgan fingerprint density at radius 1 is 1.26 bits per heavy atom. The summed E-state index contributed by atoms with van der Waals surface area (Å²) < 4.78 is 7.08. The number of nitrogens with zero attached hydrogens (tertiary/aromatic N) is 4. The Morgan fingerprint density at radius 3 is 2.70 bits per heavy atom. The van der Waals surface area contributed by atoms with Gasteiger partial charge in [0.15, 0.2) is 11.8 Å². The van der Waals surface area contributed by atoms with Gasteiger partial charge in [-0.3, -0.25) is 0 Å². The average Bonchev–Trinajstić information content (AvgIpc) is 3.00. The average molecular weight is 373 g/mol. The number of rotatable bonds is 10. The second-order valence-corrected chi connectivity index (χ2v) is 6.73. The highest BCUT2D eigenvalue weighted by molar-refractivity contribution is 5.80. The molecule has 0 saturated carbocycles. The van der Waals surface area contributed by atoms with E-state index in [1.165, 1.54) is 5.56 Å². The topological polar surface area (TPSA) is 76.4 Å². The van der Waals surface area contributed by atoms with Crippen molar-refractivity contribution >= 4 is 5.96 Å². The lowest BCUT2D eigenvalue weighted by Crippen LogP contribution is -2.43. The van der Waals surface area contributed by atoms with E-state index in [4.69, 9.17) is 9.73 Å². The van der Waals surface area contributed by atoms with Crippen molar-refractivity contribution in [1.29, 1.82) is 0 Å². The zero-order valence-electron chi connectivity index (χ0n) is 16.9. The van der Waals surface area contributed by atoms with Crippen LogP contribution in [-0.4, -0.2) is 47.0 Å². The first-order valence-corrected chi connectivity index (χ1v) is 9.52. The number of guanidine groups is 1. The van der Waals surface area contributed by atoms with E-state index in [1.54, 1.807) is 7.11 Å². The quantitative estimate of drug-likeness (QED) is 0.380. The number of nitrogens with one attached hydrogen (secondary N) is 2. The van der Waals surface area contributed by atoms with Gasteiger partial charge in [-0.1, -0.05) is 30.3 Å². The van der Waals surface area contributed by atoms with E-state index in [2.05, 4.69) is 52.0 Å². The molecule has 0 spiro atoms. The minimum Gasteiger partial charge on any atom is -0.385 e. The number of aryl methyl sites for hydroxylation is 2. The summed E-state index contributed by atoms with van der Waals surface area (Å²) in [7, 11) is 3.68. The summed E-state index contributed by atoms with van der Waals surface area (Å²) in [6.07, 6.45) is 3.00. The molecule has 0 aliphatic rings. The molecule has 1 aromatic heterocycles. The molecule has 0 fully saturated rings. The van der Waals surface area contributed by atoms with Gasteiger partial charge in [0.2, 0.25) is 0 Å². The van der Waals surface area contributed by atoms with Gasteiger partial charge in [0.05, 0.1) is 0 Å². The van der Waals surface area contributed by atoms with Gasteiger partial charge in [-0.25, -0.2) is 4.99 Å². The monoisotopic (exact) mass is 372 g/mol. The third-order valence-corrected chi connectivity index (χ3v) is 4.47. The number of ether oxygens (including phenoxy) is 1. The van der Waals surface area contributed by atoms with Crippen molar-refractivity contribution in [2.45, 2.75) is 45.7 Å². The summed E-state index contributed by atoms with van der Waals surface area (Å²) in [5, 5.41) is 15.2. The molecule has 7 nitrogen and oxygen atoms in total. The molecule has 1 atom stereocenters. The fourth-order valence-electron chi connectivity index (χ4n) is 2.65. The lowest BCUT2D eigenvalue weighted by atomic mass is 10.1. The Bertz CT molecular complexity index is 698. The van der Waals surface area contributed by atoms with E-state index >= 15 is 0 Å². The van der Waals surface area contributed by atoms with Crippen molar-refractivity contribution < 1.29 is 4.74 Å². The lowest BCUT2D eigenvalue weighted by molar-refractivity contribution is 0.195. The highest BCUT2D eigenvalue weighted by Gasteiger charge is 2.08.